The van der Waals surface area contributed by atoms with Crippen LogP contribution in [0.4, 0.5) is 0 Å². The fraction of sp³-hybridized carbons (Fsp3) is 0.259. The first-order valence-corrected chi connectivity index (χ1v) is 11.4. The summed E-state index contributed by atoms with van der Waals surface area (Å²) in [5, 5.41) is 14.9. The van der Waals surface area contributed by atoms with E-state index in [1.165, 1.54) is 6.21 Å². The monoisotopic (exact) mass is 478 g/mol. The van der Waals surface area contributed by atoms with Crippen LogP contribution >= 0.6 is 11.6 Å². The van der Waals surface area contributed by atoms with Gasteiger partial charge in [0.05, 0.1) is 6.21 Å². The van der Waals surface area contributed by atoms with E-state index < -0.39 is 12.0 Å². The van der Waals surface area contributed by atoms with Gasteiger partial charge in [0.15, 0.2) is 11.5 Å². The molecule has 0 saturated heterocycles. The molecule has 2 N–H and O–H groups in total. The van der Waals surface area contributed by atoms with Gasteiger partial charge in [0.25, 0.3) is 5.91 Å². The molecule has 1 amide bonds. The van der Waals surface area contributed by atoms with Gasteiger partial charge < -0.3 is 14.6 Å². The highest BCUT2D eigenvalue weighted by Crippen LogP contribution is 2.36. The van der Waals surface area contributed by atoms with E-state index in [0.29, 0.717) is 28.5 Å². The molecular formula is C27H27ClN2O4. The van der Waals surface area contributed by atoms with E-state index >= 15 is 0 Å². The number of benzene rings is 3. The van der Waals surface area contributed by atoms with Crippen LogP contribution in [0.15, 0.2) is 65.8 Å². The minimum absolute atomic E-state index is 0.0553. The number of phenolic OH excluding ortho intramolecular Hbond substituents is 1. The van der Waals surface area contributed by atoms with Gasteiger partial charge in [-0.2, -0.15) is 5.10 Å². The van der Waals surface area contributed by atoms with Crippen molar-refractivity contribution in [2.45, 2.75) is 38.7 Å². The lowest BCUT2D eigenvalue weighted by Crippen LogP contribution is -2.42. The molecule has 3 aromatic rings. The van der Waals surface area contributed by atoms with E-state index in [4.69, 9.17) is 21.1 Å². The third-order valence-corrected chi connectivity index (χ3v) is 5.95. The highest BCUT2D eigenvalue weighted by Gasteiger charge is 2.28. The fourth-order valence-corrected chi connectivity index (χ4v) is 3.79. The quantitative estimate of drug-likeness (QED) is 0.389. The summed E-state index contributed by atoms with van der Waals surface area (Å²) in [6.45, 7) is 6.41. The van der Waals surface area contributed by atoms with Crippen molar-refractivity contribution < 1.29 is 19.4 Å². The summed E-state index contributed by atoms with van der Waals surface area (Å²) in [5.74, 6) is 0.769. The van der Waals surface area contributed by atoms with Gasteiger partial charge in [-0.15, -0.1) is 0 Å². The van der Waals surface area contributed by atoms with Crippen LogP contribution < -0.4 is 14.9 Å². The van der Waals surface area contributed by atoms with Gasteiger partial charge >= 0.3 is 0 Å². The normalized spacial score (nSPS) is 15.4. The molecule has 4 rings (SSSR count). The second kappa shape index (κ2) is 9.77. The number of aromatic hydroxyl groups is 1. The van der Waals surface area contributed by atoms with Crippen molar-refractivity contribution in [3.8, 4) is 17.2 Å². The van der Waals surface area contributed by atoms with Crippen LogP contribution in [0.2, 0.25) is 5.02 Å². The predicted molar refractivity (Wildman–Crippen MR) is 133 cm³/mol. The Hall–Kier alpha value is -3.51. The van der Waals surface area contributed by atoms with E-state index in [9.17, 15) is 9.90 Å². The molecule has 1 heterocycles. The molecule has 6 nitrogen and oxygen atoms in total. The number of hydrazone groups is 1. The molecule has 0 aromatic heterocycles. The molecule has 3 aromatic carbocycles. The van der Waals surface area contributed by atoms with Crippen LogP contribution in [-0.2, 0) is 16.6 Å². The molecule has 1 aliphatic rings. The number of nitrogens with one attached hydrogen (secondary N) is 1. The van der Waals surface area contributed by atoms with Crippen LogP contribution in [-0.4, -0.2) is 29.9 Å². The predicted octanol–water partition coefficient (Wildman–Crippen LogP) is 5.22. The first kappa shape index (κ1) is 23.6. The van der Waals surface area contributed by atoms with Gasteiger partial charge in [0, 0.05) is 10.6 Å². The van der Waals surface area contributed by atoms with Gasteiger partial charge in [0.1, 0.15) is 12.4 Å². The molecule has 0 saturated carbocycles. The Morgan fingerprint density at radius 2 is 1.94 bits per heavy atom. The van der Waals surface area contributed by atoms with Crippen LogP contribution in [0.3, 0.4) is 0 Å². The van der Waals surface area contributed by atoms with Crippen molar-refractivity contribution in [2.75, 3.05) is 6.61 Å². The molecule has 0 fully saturated rings. The molecule has 1 unspecified atom stereocenters. The van der Waals surface area contributed by atoms with Gasteiger partial charge in [-0.05, 0) is 58.9 Å². The second-order valence-electron chi connectivity index (χ2n) is 9.22. The Morgan fingerprint density at radius 3 is 2.71 bits per heavy atom. The zero-order chi connectivity index (χ0) is 24.3. The maximum absolute atomic E-state index is 12.6. The lowest BCUT2D eigenvalue weighted by atomic mass is 9.87. The van der Waals surface area contributed by atoms with Crippen LogP contribution in [0.25, 0.3) is 0 Å². The lowest BCUT2D eigenvalue weighted by molar-refractivity contribution is -0.130. The van der Waals surface area contributed by atoms with Crippen molar-refractivity contribution in [1.29, 1.82) is 0 Å². The molecule has 1 aliphatic heterocycles. The van der Waals surface area contributed by atoms with Gasteiger partial charge in [-0.25, -0.2) is 5.43 Å². The Balaban J connectivity index is 1.41. The summed E-state index contributed by atoms with van der Waals surface area (Å²) in [5.41, 5.74) is 5.92. The Labute approximate surface area is 204 Å². The van der Waals surface area contributed by atoms with Crippen LogP contribution in [0.5, 0.6) is 17.2 Å². The van der Waals surface area contributed by atoms with Gasteiger partial charge in [0.2, 0.25) is 6.10 Å². The zero-order valence-corrected chi connectivity index (χ0v) is 20.1. The summed E-state index contributed by atoms with van der Waals surface area (Å²) in [7, 11) is 0. The maximum atomic E-state index is 12.6. The summed E-state index contributed by atoms with van der Waals surface area (Å²) in [6, 6.07) is 18.6. The van der Waals surface area contributed by atoms with E-state index in [1.54, 1.807) is 12.1 Å². The van der Waals surface area contributed by atoms with E-state index in [-0.39, 0.29) is 17.8 Å². The summed E-state index contributed by atoms with van der Waals surface area (Å²) in [4.78, 5) is 12.6. The van der Waals surface area contributed by atoms with E-state index in [1.807, 2.05) is 48.5 Å². The van der Waals surface area contributed by atoms with Crippen molar-refractivity contribution in [3.63, 3.8) is 0 Å². The van der Waals surface area contributed by atoms with Crippen LogP contribution in [0, 0.1) is 0 Å². The first-order chi connectivity index (χ1) is 16.2. The molecule has 34 heavy (non-hydrogen) atoms. The summed E-state index contributed by atoms with van der Waals surface area (Å²) < 4.78 is 11.6. The van der Waals surface area contributed by atoms with E-state index in [0.717, 1.165) is 16.7 Å². The molecule has 1 atom stereocenters. The van der Waals surface area contributed by atoms with Crippen molar-refractivity contribution in [2.24, 2.45) is 5.10 Å². The standard InChI is InChI=1S/C27H27ClN2O4/c1-27(2,3)20-9-11-23-24(14-20)34-25(16-33-23)26(32)30-29-15-19-13-17(8-10-22(19)31)12-18-6-4-5-7-21(18)28/h4-11,13-15,25,31H,12,16H2,1-3H3,(H,30,32)/b29-15+. The third kappa shape index (κ3) is 5.51. The van der Waals surface area contributed by atoms with Gasteiger partial charge in [-0.1, -0.05) is 62.7 Å². The minimum Gasteiger partial charge on any atom is -0.507 e. The van der Waals surface area contributed by atoms with Crippen molar-refractivity contribution in [3.05, 3.63) is 87.9 Å². The summed E-state index contributed by atoms with van der Waals surface area (Å²) in [6.07, 6.45) is 1.18. The molecule has 0 bridgehead atoms. The average molecular weight is 479 g/mol. The number of ether oxygens (including phenoxy) is 2. The highest BCUT2D eigenvalue weighted by atomic mass is 35.5. The summed E-state index contributed by atoms with van der Waals surface area (Å²) >= 11 is 6.25. The van der Waals surface area contributed by atoms with E-state index in [2.05, 4.69) is 31.3 Å². The molecular weight excluding hydrogens is 452 g/mol. The third-order valence-electron chi connectivity index (χ3n) is 5.58. The van der Waals surface area contributed by atoms with Gasteiger partial charge in [-0.3, -0.25) is 4.79 Å². The SMILES string of the molecule is CC(C)(C)c1ccc2c(c1)OC(C(=O)N/N=C/c1cc(Cc3ccccc3Cl)ccc1O)CO2. The number of amides is 1. The number of nitrogens with zero attached hydrogens (tertiary/aromatic N) is 1. The molecule has 0 radical (unpaired) electrons. The highest BCUT2D eigenvalue weighted by molar-refractivity contribution is 6.31. The van der Waals surface area contributed by atoms with Crippen molar-refractivity contribution >= 4 is 23.7 Å². The van der Waals surface area contributed by atoms with Crippen molar-refractivity contribution in [1.82, 2.24) is 5.43 Å². The molecule has 7 heteroatoms. The largest absolute Gasteiger partial charge is 0.507 e. The smallest absolute Gasteiger partial charge is 0.284 e. The first-order valence-electron chi connectivity index (χ1n) is 11.0. The fourth-order valence-electron chi connectivity index (χ4n) is 3.58. The molecule has 0 spiro atoms. The Bertz CT molecular complexity index is 1230. The molecule has 0 aliphatic carbocycles. The number of hydrogen-bond acceptors (Lipinski definition) is 5. The average Bonchev–Trinajstić information content (AvgIpc) is 2.81. The Kier molecular flexibility index (Phi) is 6.80. The number of phenols is 1. The second-order valence-corrected chi connectivity index (χ2v) is 9.63. The number of halogens is 1. The maximum Gasteiger partial charge on any atom is 0.284 e. The van der Waals surface area contributed by atoms with Crippen LogP contribution in [0.1, 0.15) is 43.0 Å². The number of hydrogen-bond donors (Lipinski definition) is 2. The topological polar surface area (TPSA) is 80.2 Å². The zero-order valence-electron chi connectivity index (χ0n) is 19.3. The minimum atomic E-state index is -0.833. The number of rotatable bonds is 5. The lowest BCUT2D eigenvalue weighted by Gasteiger charge is -2.27. The number of fused-ring (bicyclic) bond motifs is 1. The Morgan fingerprint density at radius 1 is 1.15 bits per heavy atom. The molecule has 176 valence electrons. The number of carbonyl (C=O) groups excluding carboxylic acids is 1. The number of carbonyl (C=O) groups is 1.